The first-order valence-electron chi connectivity index (χ1n) is 5.37. The van der Waals surface area contributed by atoms with Gasteiger partial charge < -0.3 is 21.5 Å². The van der Waals surface area contributed by atoms with Crippen LogP contribution in [0.25, 0.3) is 0 Å². The minimum atomic E-state index is -1.04. The Balaban J connectivity index is 2.44. The highest BCUT2D eigenvalue weighted by atomic mass is 32.1. The zero-order valence-electron chi connectivity index (χ0n) is 10.2. The molecule has 8 nitrogen and oxygen atoms in total. The van der Waals surface area contributed by atoms with E-state index < -0.39 is 17.8 Å². The van der Waals surface area contributed by atoms with Gasteiger partial charge in [0.2, 0.25) is 11.8 Å². The van der Waals surface area contributed by atoms with Crippen LogP contribution in [0.4, 0.5) is 0 Å². The van der Waals surface area contributed by atoms with E-state index in [0.29, 0.717) is 10.7 Å². The number of carbonyl (C=O) groups excluding carboxylic acids is 2. The van der Waals surface area contributed by atoms with E-state index in [2.05, 4.69) is 15.6 Å². The molecule has 1 aromatic heterocycles. The number of aryl methyl sites for hydroxylation is 1. The topological polar surface area (TPSA) is 134 Å². The van der Waals surface area contributed by atoms with Crippen LogP contribution in [0.3, 0.4) is 0 Å². The van der Waals surface area contributed by atoms with Crippen LogP contribution in [0.2, 0.25) is 0 Å². The number of hydrogen-bond acceptors (Lipinski definition) is 6. The van der Waals surface area contributed by atoms with E-state index in [1.54, 1.807) is 6.92 Å². The molecule has 0 atom stereocenters. The first-order chi connectivity index (χ1) is 8.93. The first kappa shape index (κ1) is 15.1. The Hall–Kier alpha value is -2.00. The summed E-state index contributed by atoms with van der Waals surface area (Å²) in [5.41, 5.74) is 5.48. The highest BCUT2D eigenvalue weighted by Crippen LogP contribution is 2.17. The molecule has 0 aliphatic carbocycles. The molecule has 5 N–H and O–H groups in total. The Labute approximate surface area is 113 Å². The molecule has 0 radical (unpaired) electrons. The van der Waals surface area contributed by atoms with Crippen LogP contribution in [0.1, 0.15) is 20.4 Å². The molecular formula is C10H14N4O4S. The summed E-state index contributed by atoms with van der Waals surface area (Å²) in [6, 6.07) is 0. The summed E-state index contributed by atoms with van der Waals surface area (Å²) in [4.78, 5) is 37.2. The summed E-state index contributed by atoms with van der Waals surface area (Å²) in [5, 5.41) is 14.2. The number of rotatable bonds is 6. The predicted octanol–water partition coefficient (Wildman–Crippen LogP) is -1.16. The summed E-state index contributed by atoms with van der Waals surface area (Å²) in [6.07, 6.45) is 0. The fraction of sp³-hybridized carbons (Fsp3) is 0.400. The third-order valence-corrected chi connectivity index (χ3v) is 3.25. The van der Waals surface area contributed by atoms with E-state index in [9.17, 15) is 14.4 Å². The lowest BCUT2D eigenvalue weighted by Gasteiger charge is -2.04. The average molecular weight is 286 g/mol. The van der Waals surface area contributed by atoms with Gasteiger partial charge in [0.1, 0.15) is 9.88 Å². The summed E-state index contributed by atoms with van der Waals surface area (Å²) < 4.78 is 0. The van der Waals surface area contributed by atoms with Crippen molar-refractivity contribution in [3.63, 3.8) is 0 Å². The van der Waals surface area contributed by atoms with E-state index in [-0.39, 0.29) is 24.5 Å². The predicted molar refractivity (Wildman–Crippen MR) is 67.7 cm³/mol. The SMILES string of the molecule is Cc1nc(CNC(=O)CNC(=O)CN)sc1C(=O)O. The molecule has 104 valence electrons. The van der Waals surface area contributed by atoms with Crippen molar-refractivity contribution in [3.05, 3.63) is 15.6 Å². The summed E-state index contributed by atoms with van der Waals surface area (Å²) in [6.45, 7) is 1.36. The maximum atomic E-state index is 11.4. The molecule has 0 spiro atoms. The highest BCUT2D eigenvalue weighted by molar-refractivity contribution is 7.13. The van der Waals surface area contributed by atoms with Crippen LogP contribution >= 0.6 is 11.3 Å². The zero-order chi connectivity index (χ0) is 14.4. The molecule has 1 heterocycles. The number of nitrogens with one attached hydrogen (secondary N) is 2. The van der Waals surface area contributed by atoms with Gasteiger partial charge >= 0.3 is 5.97 Å². The van der Waals surface area contributed by atoms with Crippen LogP contribution in [0.15, 0.2) is 0 Å². The fourth-order valence-corrected chi connectivity index (χ4v) is 2.06. The Morgan fingerprint density at radius 1 is 1.32 bits per heavy atom. The highest BCUT2D eigenvalue weighted by Gasteiger charge is 2.14. The molecule has 9 heteroatoms. The van der Waals surface area contributed by atoms with Gasteiger partial charge in [-0.3, -0.25) is 9.59 Å². The quantitative estimate of drug-likeness (QED) is 0.521. The maximum Gasteiger partial charge on any atom is 0.347 e. The second kappa shape index (κ2) is 6.81. The third-order valence-electron chi connectivity index (χ3n) is 2.10. The van der Waals surface area contributed by atoms with E-state index in [0.717, 1.165) is 11.3 Å². The van der Waals surface area contributed by atoms with E-state index in [1.165, 1.54) is 0 Å². The van der Waals surface area contributed by atoms with Crippen molar-refractivity contribution in [1.29, 1.82) is 0 Å². The van der Waals surface area contributed by atoms with Gasteiger partial charge in [-0.1, -0.05) is 0 Å². The lowest BCUT2D eigenvalue weighted by Crippen LogP contribution is -2.39. The van der Waals surface area contributed by atoms with Crippen LogP contribution in [-0.4, -0.2) is 41.0 Å². The van der Waals surface area contributed by atoms with Gasteiger partial charge in [0.25, 0.3) is 0 Å². The van der Waals surface area contributed by atoms with Gasteiger partial charge in [0.05, 0.1) is 25.3 Å². The van der Waals surface area contributed by atoms with E-state index in [1.807, 2.05) is 0 Å². The smallest absolute Gasteiger partial charge is 0.347 e. The van der Waals surface area contributed by atoms with Crippen molar-refractivity contribution in [3.8, 4) is 0 Å². The Morgan fingerprint density at radius 3 is 2.53 bits per heavy atom. The van der Waals surface area contributed by atoms with E-state index in [4.69, 9.17) is 10.8 Å². The minimum Gasteiger partial charge on any atom is -0.477 e. The molecule has 0 unspecified atom stereocenters. The Bertz CT molecular complexity index is 500. The van der Waals surface area contributed by atoms with Crippen molar-refractivity contribution >= 4 is 29.1 Å². The number of nitrogens with two attached hydrogens (primary N) is 1. The number of thiazole rings is 1. The molecule has 0 aromatic carbocycles. The lowest BCUT2D eigenvalue weighted by molar-refractivity contribution is -0.125. The minimum absolute atomic E-state index is 0.121. The summed E-state index contributed by atoms with van der Waals surface area (Å²) >= 11 is 1.01. The molecule has 0 aliphatic rings. The van der Waals surface area contributed by atoms with Crippen molar-refractivity contribution < 1.29 is 19.5 Å². The molecular weight excluding hydrogens is 272 g/mol. The molecule has 0 saturated heterocycles. The number of carboxylic acids is 1. The second-order valence-corrected chi connectivity index (χ2v) is 4.67. The second-order valence-electron chi connectivity index (χ2n) is 3.58. The van der Waals surface area contributed by atoms with Crippen LogP contribution < -0.4 is 16.4 Å². The number of carboxylic acid groups (broad SMARTS) is 1. The number of aromatic carboxylic acids is 1. The van der Waals surface area contributed by atoms with Gasteiger partial charge in [-0.05, 0) is 6.92 Å². The monoisotopic (exact) mass is 286 g/mol. The standard InChI is InChI=1S/C10H14N4O4S/c1-5-9(10(17)18)19-8(14-5)4-13-7(16)3-12-6(15)2-11/h2-4,11H2,1H3,(H,12,15)(H,13,16)(H,17,18). The molecule has 0 saturated carbocycles. The van der Waals surface area contributed by atoms with Crippen molar-refractivity contribution in [2.24, 2.45) is 5.73 Å². The molecule has 0 aliphatic heterocycles. The number of hydrogen-bond donors (Lipinski definition) is 4. The van der Waals surface area contributed by atoms with Crippen molar-refractivity contribution in [1.82, 2.24) is 15.6 Å². The number of aromatic nitrogens is 1. The van der Waals surface area contributed by atoms with Crippen LogP contribution in [0.5, 0.6) is 0 Å². The molecule has 0 fully saturated rings. The number of amides is 2. The summed E-state index contributed by atoms with van der Waals surface area (Å²) in [5.74, 6) is -1.86. The van der Waals surface area contributed by atoms with Gasteiger partial charge in [-0.25, -0.2) is 9.78 Å². The van der Waals surface area contributed by atoms with Crippen molar-refractivity contribution in [2.45, 2.75) is 13.5 Å². The fourth-order valence-electron chi connectivity index (χ4n) is 1.21. The average Bonchev–Trinajstić information content (AvgIpc) is 2.74. The third kappa shape index (κ3) is 4.64. The molecule has 19 heavy (non-hydrogen) atoms. The molecule has 0 bridgehead atoms. The summed E-state index contributed by atoms with van der Waals surface area (Å²) in [7, 11) is 0. The van der Waals surface area contributed by atoms with Gasteiger partial charge in [0, 0.05) is 0 Å². The first-order valence-corrected chi connectivity index (χ1v) is 6.18. The zero-order valence-corrected chi connectivity index (χ0v) is 11.0. The lowest BCUT2D eigenvalue weighted by atomic mass is 10.4. The molecule has 1 aromatic rings. The normalized spacial score (nSPS) is 10.0. The van der Waals surface area contributed by atoms with Crippen LogP contribution in [-0.2, 0) is 16.1 Å². The molecule has 2 amide bonds. The van der Waals surface area contributed by atoms with Gasteiger partial charge in [-0.15, -0.1) is 11.3 Å². The Morgan fingerprint density at radius 2 is 2.00 bits per heavy atom. The van der Waals surface area contributed by atoms with Gasteiger partial charge in [0.15, 0.2) is 0 Å². The van der Waals surface area contributed by atoms with Crippen LogP contribution in [0, 0.1) is 6.92 Å². The number of nitrogens with zero attached hydrogens (tertiary/aromatic N) is 1. The number of carbonyl (C=O) groups is 3. The van der Waals surface area contributed by atoms with E-state index >= 15 is 0 Å². The largest absolute Gasteiger partial charge is 0.477 e. The van der Waals surface area contributed by atoms with Gasteiger partial charge in [-0.2, -0.15) is 0 Å². The Kier molecular flexibility index (Phi) is 5.39. The maximum absolute atomic E-state index is 11.4. The molecule has 1 rings (SSSR count). The van der Waals surface area contributed by atoms with Crippen molar-refractivity contribution in [2.75, 3.05) is 13.1 Å².